The Bertz CT molecular complexity index is 774. The number of aliphatic hydroxyl groups excluding tert-OH is 1. The van der Waals surface area contributed by atoms with Gasteiger partial charge in [0.15, 0.2) is 23.0 Å². The smallest absolute Gasteiger partial charge is 0.200 e. The van der Waals surface area contributed by atoms with Crippen LogP contribution in [-0.4, -0.2) is 37.6 Å². The van der Waals surface area contributed by atoms with E-state index in [0.717, 1.165) is 5.56 Å². The monoisotopic (exact) mass is 374 g/mol. The van der Waals surface area contributed by atoms with Crippen LogP contribution in [0.5, 0.6) is 28.7 Å². The van der Waals surface area contributed by atoms with Crippen LogP contribution in [0.2, 0.25) is 0 Å². The number of aromatic hydroxyl groups is 1. The molecule has 0 radical (unpaired) electrons. The van der Waals surface area contributed by atoms with E-state index in [4.69, 9.17) is 18.9 Å². The number of phenolic OH excluding ortho intramolecular Hbond substituents is 1. The third-order valence-electron chi connectivity index (χ3n) is 4.15. The molecule has 2 aromatic carbocycles. The second-order valence-electron chi connectivity index (χ2n) is 5.95. The highest BCUT2D eigenvalue weighted by atomic mass is 16.5. The number of aliphatic hydroxyl groups is 1. The average molecular weight is 374 g/mol. The molecule has 2 atom stereocenters. The van der Waals surface area contributed by atoms with Crippen molar-refractivity contribution >= 4 is 6.08 Å². The van der Waals surface area contributed by atoms with E-state index < -0.39 is 12.2 Å². The van der Waals surface area contributed by atoms with Crippen molar-refractivity contribution < 1.29 is 29.2 Å². The minimum atomic E-state index is -0.978. The quantitative estimate of drug-likeness (QED) is 0.728. The van der Waals surface area contributed by atoms with Crippen molar-refractivity contribution in [3.63, 3.8) is 0 Å². The van der Waals surface area contributed by atoms with Gasteiger partial charge in [-0.15, -0.1) is 0 Å². The van der Waals surface area contributed by atoms with E-state index in [0.29, 0.717) is 17.1 Å². The van der Waals surface area contributed by atoms with Crippen LogP contribution in [0.3, 0.4) is 0 Å². The fourth-order valence-corrected chi connectivity index (χ4v) is 2.70. The maximum atomic E-state index is 10.7. The second-order valence-corrected chi connectivity index (χ2v) is 5.95. The molecule has 0 aromatic heterocycles. The van der Waals surface area contributed by atoms with E-state index in [1.807, 2.05) is 31.2 Å². The zero-order valence-electron chi connectivity index (χ0n) is 16.2. The van der Waals surface area contributed by atoms with Crippen LogP contribution in [0.4, 0.5) is 0 Å². The van der Waals surface area contributed by atoms with Crippen LogP contribution in [0, 0.1) is 0 Å². The minimum Gasteiger partial charge on any atom is -0.502 e. The van der Waals surface area contributed by atoms with Gasteiger partial charge in [0, 0.05) is 0 Å². The normalized spacial score (nSPS) is 13.3. The number of hydrogen-bond acceptors (Lipinski definition) is 6. The molecule has 2 aromatic rings. The van der Waals surface area contributed by atoms with E-state index in [-0.39, 0.29) is 17.2 Å². The van der Waals surface area contributed by atoms with E-state index in [1.54, 1.807) is 32.2 Å². The van der Waals surface area contributed by atoms with Crippen LogP contribution in [0.15, 0.2) is 36.4 Å². The summed E-state index contributed by atoms with van der Waals surface area (Å²) in [7, 11) is 4.43. The molecule has 0 fully saturated rings. The molecule has 2 rings (SSSR count). The molecule has 0 saturated heterocycles. The zero-order chi connectivity index (χ0) is 20.0. The standard InChI is InChI=1S/C21H26O6/c1-6-7-14-8-9-16(17(10-14)24-3)27-13(2)20(22)15-11-18(25-4)21(23)19(12-15)26-5/h6-13,20,22-23H,1-5H3/b7-6+/t13-,20+/m0/s1. The molecule has 146 valence electrons. The third-order valence-corrected chi connectivity index (χ3v) is 4.15. The highest BCUT2D eigenvalue weighted by Crippen LogP contribution is 2.40. The van der Waals surface area contributed by atoms with Gasteiger partial charge in [0.25, 0.3) is 0 Å². The summed E-state index contributed by atoms with van der Waals surface area (Å²) >= 11 is 0. The fraction of sp³-hybridized carbons (Fsp3) is 0.333. The van der Waals surface area contributed by atoms with Gasteiger partial charge in [-0.25, -0.2) is 0 Å². The number of benzene rings is 2. The molecule has 0 aliphatic heterocycles. The van der Waals surface area contributed by atoms with Gasteiger partial charge in [-0.05, 0) is 49.2 Å². The summed E-state index contributed by atoms with van der Waals surface area (Å²) in [4.78, 5) is 0. The molecule has 0 amide bonds. The predicted octanol–water partition coefficient (Wildman–Crippen LogP) is 3.95. The summed E-state index contributed by atoms with van der Waals surface area (Å²) < 4.78 is 21.6. The van der Waals surface area contributed by atoms with E-state index in [1.165, 1.54) is 14.2 Å². The van der Waals surface area contributed by atoms with Gasteiger partial charge >= 0.3 is 0 Å². The Morgan fingerprint density at radius 1 is 0.889 bits per heavy atom. The maximum Gasteiger partial charge on any atom is 0.200 e. The lowest BCUT2D eigenvalue weighted by molar-refractivity contribution is 0.0448. The van der Waals surface area contributed by atoms with Crippen molar-refractivity contribution in [3.05, 3.63) is 47.5 Å². The van der Waals surface area contributed by atoms with E-state index in [9.17, 15) is 10.2 Å². The van der Waals surface area contributed by atoms with Crippen LogP contribution < -0.4 is 18.9 Å². The van der Waals surface area contributed by atoms with Gasteiger partial charge in [0.1, 0.15) is 12.2 Å². The number of hydrogen-bond donors (Lipinski definition) is 2. The largest absolute Gasteiger partial charge is 0.502 e. The molecule has 0 saturated carbocycles. The van der Waals surface area contributed by atoms with Gasteiger partial charge in [0.2, 0.25) is 5.75 Å². The van der Waals surface area contributed by atoms with Gasteiger partial charge in [-0.1, -0.05) is 18.2 Å². The van der Waals surface area contributed by atoms with Crippen molar-refractivity contribution in [1.82, 2.24) is 0 Å². The molecule has 0 aliphatic carbocycles. The Hall–Kier alpha value is -2.86. The Balaban J connectivity index is 2.27. The highest BCUT2D eigenvalue weighted by molar-refractivity contribution is 5.56. The van der Waals surface area contributed by atoms with Crippen molar-refractivity contribution in [2.45, 2.75) is 26.1 Å². The molecule has 6 nitrogen and oxygen atoms in total. The van der Waals surface area contributed by atoms with E-state index >= 15 is 0 Å². The first-order chi connectivity index (χ1) is 12.9. The molecule has 27 heavy (non-hydrogen) atoms. The summed E-state index contributed by atoms with van der Waals surface area (Å²) in [5, 5.41) is 20.7. The second kappa shape index (κ2) is 9.19. The first-order valence-electron chi connectivity index (χ1n) is 8.55. The maximum absolute atomic E-state index is 10.7. The molecular weight excluding hydrogens is 348 g/mol. The van der Waals surface area contributed by atoms with Gasteiger partial charge < -0.3 is 29.2 Å². The molecule has 0 spiro atoms. The zero-order valence-corrected chi connectivity index (χ0v) is 16.2. The lowest BCUT2D eigenvalue weighted by atomic mass is 10.0. The SMILES string of the molecule is C/C=C/c1ccc(O[C@@H](C)[C@@H](O)c2cc(OC)c(O)c(OC)c2)c(OC)c1. The molecule has 0 bridgehead atoms. The molecule has 0 unspecified atom stereocenters. The fourth-order valence-electron chi connectivity index (χ4n) is 2.70. The summed E-state index contributed by atoms with van der Waals surface area (Å²) in [5.41, 5.74) is 1.49. The topological polar surface area (TPSA) is 77.4 Å². The summed E-state index contributed by atoms with van der Waals surface area (Å²) in [6, 6.07) is 8.67. The summed E-state index contributed by atoms with van der Waals surface area (Å²) in [5.74, 6) is 1.40. The number of rotatable bonds is 8. The lowest BCUT2D eigenvalue weighted by Gasteiger charge is -2.23. The van der Waals surface area contributed by atoms with Gasteiger partial charge in [-0.3, -0.25) is 0 Å². The van der Waals surface area contributed by atoms with Crippen molar-refractivity contribution in [1.29, 1.82) is 0 Å². The molecule has 0 aliphatic rings. The lowest BCUT2D eigenvalue weighted by Crippen LogP contribution is -2.22. The van der Waals surface area contributed by atoms with Crippen LogP contribution in [0.25, 0.3) is 6.08 Å². The van der Waals surface area contributed by atoms with Crippen molar-refractivity contribution in [2.75, 3.05) is 21.3 Å². The summed E-state index contributed by atoms with van der Waals surface area (Å²) in [6.45, 7) is 3.69. The number of ether oxygens (including phenoxy) is 4. The Morgan fingerprint density at radius 3 is 2.00 bits per heavy atom. The Labute approximate surface area is 159 Å². The van der Waals surface area contributed by atoms with Crippen LogP contribution in [-0.2, 0) is 0 Å². The number of methoxy groups -OCH3 is 3. The van der Waals surface area contributed by atoms with Gasteiger partial charge in [0.05, 0.1) is 21.3 Å². The van der Waals surface area contributed by atoms with Crippen LogP contribution in [0.1, 0.15) is 31.1 Å². The summed E-state index contributed by atoms with van der Waals surface area (Å²) in [6.07, 6.45) is 2.33. The minimum absolute atomic E-state index is 0.120. The van der Waals surface area contributed by atoms with Crippen molar-refractivity contribution in [3.8, 4) is 28.7 Å². The molecule has 0 heterocycles. The Morgan fingerprint density at radius 2 is 1.48 bits per heavy atom. The predicted molar refractivity (Wildman–Crippen MR) is 104 cm³/mol. The van der Waals surface area contributed by atoms with Crippen molar-refractivity contribution in [2.24, 2.45) is 0 Å². The molecule has 6 heteroatoms. The third kappa shape index (κ3) is 4.65. The first-order valence-corrected chi connectivity index (χ1v) is 8.55. The first kappa shape index (κ1) is 20.5. The number of allylic oxidation sites excluding steroid dienone is 1. The Kier molecular flexibility index (Phi) is 6.96. The number of phenols is 1. The molecule has 2 N–H and O–H groups in total. The van der Waals surface area contributed by atoms with E-state index in [2.05, 4.69) is 0 Å². The van der Waals surface area contributed by atoms with Gasteiger partial charge in [-0.2, -0.15) is 0 Å². The van der Waals surface area contributed by atoms with Crippen LogP contribution >= 0.6 is 0 Å². The highest BCUT2D eigenvalue weighted by Gasteiger charge is 2.23. The average Bonchev–Trinajstić information content (AvgIpc) is 2.68. The molecular formula is C21H26O6.